The molecular formula is C21H17FN4O3. The fraction of sp³-hybridized carbons (Fsp3) is 0.143. The van der Waals surface area contributed by atoms with Crippen molar-refractivity contribution in [2.75, 3.05) is 0 Å². The molecule has 0 spiro atoms. The fourth-order valence-electron chi connectivity index (χ4n) is 3.10. The number of hydrogen-bond acceptors (Lipinski definition) is 5. The minimum absolute atomic E-state index is 0.150. The van der Waals surface area contributed by atoms with Crippen molar-refractivity contribution in [3.8, 4) is 0 Å². The van der Waals surface area contributed by atoms with Crippen LogP contribution in [0.3, 0.4) is 0 Å². The lowest BCUT2D eigenvalue weighted by atomic mass is 10.1. The maximum absolute atomic E-state index is 13.6. The number of ether oxygens (including phenoxy) is 1. The molecule has 29 heavy (non-hydrogen) atoms. The summed E-state index contributed by atoms with van der Waals surface area (Å²) in [6, 6.07) is 11.6. The predicted octanol–water partition coefficient (Wildman–Crippen LogP) is 2.79. The van der Waals surface area contributed by atoms with Gasteiger partial charge in [0.05, 0.1) is 10.9 Å². The number of rotatable bonds is 4. The maximum atomic E-state index is 13.6. The number of benzene rings is 2. The van der Waals surface area contributed by atoms with E-state index >= 15 is 0 Å². The van der Waals surface area contributed by atoms with Gasteiger partial charge in [0.15, 0.2) is 12.4 Å². The summed E-state index contributed by atoms with van der Waals surface area (Å²) in [5.41, 5.74) is 1.69. The van der Waals surface area contributed by atoms with Crippen LogP contribution in [0.1, 0.15) is 17.0 Å². The number of aryl methyl sites for hydroxylation is 2. The Balaban J connectivity index is 1.64. The van der Waals surface area contributed by atoms with Crippen molar-refractivity contribution in [3.05, 3.63) is 81.7 Å². The molecule has 2 heterocycles. The monoisotopic (exact) mass is 392 g/mol. The van der Waals surface area contributed by atoms with Gasteiger partial charge in [-0.25, -0.2) is 9.18 Å². The molecule has 0 bridgehead atoms. The molecule has 0 atom stereocenters. The summed E-state index contributed by atoms with van der Waals surface area (Å²) in [7, 11) is 1.61. The molecule has 146 valence electrons. The molecule has 0 amide bonds. The Morgan fingerprint density at radius 3 is 2.79 bits per heavy atom. The Hall–Kier alpha value is -3.81. The van der Waals surface area contributed by atoms with Crippen LogP contribution in [0.15, 0.2) is 53.3 Å². The van der Waals surface area contributed by atoms with Gasteiger partial charge < -0.3 is 4.74 Å². The molecule has 0 aliphatic heterocycles. The minimum atomic E-state index is -0.644. The number of nitrogens with zero attached hydrogens (tertiary/aromatic N) is 4. The van der Waals surface area contributed by atoms with Crippen molar-refractivity contribution in [2.45, 2.75) is 13.5 Å². The van der Waals surface area contributed by atoms with Crippen LogP contribution in [0.5, 0.6) is 0 Å². The second kappa shape index (κ2) is 7.31. The van der Waals surface area contributed by atoms with Crippen molar-refractivity contribution in [2.24, 2.45) is 7.05 Å². The second-order valence-electron chi connectivity index (χ2n) is 6.60. The number of fused-ring (bicyclic) bond motifs is 3. The zero-order valence-electron chi connectivity index (χ0n) is 15.8. The van der Waals surface area contributed by atoms with Gasteiger partial charge >= 0.3 is 5.97 Å². The summed E-state index contributed by atoms with van der Waals surface area (Å²) in [5, 5.41) is 8.64. The standard InChI is InChI=1S/C21H17FN4O3/c1-13-7-9-17-15(11-13)20(28)25(2)21-24-23-18(26(17)21)12-29-19(27)10-8-14-5-3-4-6-16(14)22/h3-11H,12H2,1-2H3/b10-8+. The minimum Gasteiger partial charge on any atom is -0.454 e. The van der Waals surface area contributed by atoms with Gasteiger partial charge in [0.25, 0.3) is 5.56 Å². The van der Waals surface area contributed by atoms with Gasteiger partial charge in [0.1, 0.15) is 5.82 Å². The van der Waals surface area contributed by atoms with Gasteiger partial charge in [-0.2, -0.15) is 0 Å². The molecule has 0 aliphatic rings. The first-order valence-electron chi connectivity index (χ1n) is 8.88. The number of aromatic nitrogens is 4. The van der Waals surface area contributed by atoms with Gasteiger partial charge in [-0.1, -0.05) is 29.8 Å². The van der Waals surface area contributed by atoms with E-state index < -0.39 is 11.8 Å². The van der Waals surface area contributed by atoms with Crippen molar-refractivity contribution in [1.29, 1.82) is 0 Å². The topological polar surface area (TPSA) is 78.5 Å². The number of halogens is 1. The average Bonchev–Trinajstić information content (AvgIpc) is 3.14. The summed E-state index contributed by atoms with van der Waals surface area (Å²) in [6.07, 6.45) is 2.50. The van der Waals surface area contributed by atoms with Crippen molar-refractivity contribution >= 4 is 28.7 Å². The summed E-state index contributed by atoms with van der Waals surface area (Å²) < 4.78 is 21.9. The Morgan fingerprint density at radius 2 is 2.00 bits per heavy atom. The van der Waals surface area contributed by atoms with Crippen LogP contribution < -0.4 is 5.56 Å². The highest BCUT2D eigenvalue weighted by atomic mass is 19.1. The van der Waals surface area contributed by atoms with Crippen LogP contribution in [0.2, 0.25) is 0 Å². The SMILES string of the molecule is Cc1ccc2c(c1)c(=O)n(C)c1nnc(COC(=O)/C=C/c3ccccc3F)n21. The van der Waals surface area contributed by atoms with Crippen LogP contribution >= 0.6 is 0 Å². The van der Waals surface area contributed by atoms with E-state index in [1.807, 2.05) is 19.1 Å². The quantitative estimate of drug-likeness (QED) is 0.394. The lowest BCUT2D eigenvalue weighted by Crippen LogP contribution is -2.20. The van der Waals surface area contributed by atoms with Crippen LogP contribution in [-0.4, -0.2) is 25.1 Å². The Morgan fingerprint density at radius 1 is 1.21 bits per heavy atom. The Kier molecular flexibility index (Phi) is 4.67. The van der Waals surface area contributed by atoms with E-state index in [1.54, 1.807) is 35.7 Å². The van der Waals surface area contributed by atoms with Crippen molar-refractivity contribution in [3.63, 3.8) is 0 Å². The molecule has 0 aliphatic carbocycles. The molecule has 4 aromatic rings. The van der Waals surface area contributed by atoms with Gasteiger partial charge in [-0.3, -0.25) is 13.8 Å². The highest BCUT2D eigenvalue weighted by Crippen LogP contribution is 2.16. The van der Waals surface area contributed by atoms with E-state index in [1.165, 1.54) is 16.7 Å². The Labute approximate surface area is 164 Å². The van der Waals surface area contributed by atoms with Crippen molar-refractivity contribution < 1.29 is 13.9 Å². The zero-order chi connectivity index (χ0) is 20.5. The first-order valence-corrected chi connectivity index (χ1v) is 8.88. The zero-order valence-corrected chi connectivity index (χ0v) is 15.8. The van der Waals surface area contributed by atoms with E-state index in [9.17, 15) is 14.0 Å². The highest BCUT2D eigenvalue weighted by molar-refractivity contribution is 5.87. The first-order chi connectivity index (χ1) is 14.0. The Bertz CT molecular complexity index is 1340. The molecule has 0 radical (unpaired) electrons. The molecule has 2 aromatic heterocycles. The lowest BCUT2D eigenvalue weighted by Gasteiger charge is -2.08. The smallest absolute Gasteiger partial charge is 0.331 e. The molecule has 0 N–H and O–H groups in total. The average molecular weight is 392 g/mol. The summed E-state index contributed by atoms with van der Waals surface area (Å²) in [5.74, 6) is -0.353. The van der Waals surface area contributed by atoms with Gasteiger partial charge in [-0.15, -0.1) is 10.2 Å². The molecule has 7 nitrogen and oxygen atoms in total. The molecule has 0 saturated carbocycles. The van der Waals surface area contributed by atoms with Crippen LogP contribution in [0.25, 0.3) is 22.8 Å². The fourth-order valence-corrected chi connectivity index (χ4v) is 3.10. The van der Waals surface area contributed by atoms with Crippen molar-refractivity contribution in [1.82, 2.24) is 19.2 Å². The molecular weight excluding hydrogens is 375 g/mol. The highest BCUT2D eigenvalue weighted by Gasteiger charge is 2.15. The number of hydrogen-bond donors (Lipinski definition) is 0. The largest absolute Gasteiger partial charge is 0.454 e. The molecule has 4 rings (SSSR count). The van der Waals surface area contributed by atoms with E-state index in [0.717, 1.165) is 11.6 Å². The van der Waals surface area contributed by atoms with Crippen LogP contribution in [0.4, 0.5) is 4.39 Å². The maximum Gasteiger partial charge on any atom is 0.331 e. The normalized spacial score (nSPS) is 11.6. The molecule has 0 unspecified atom stereocenters. The first kappa shape index (κ1) is 18.5. The third-order valence-electron chi connectivity index (χ3n) is 4.59. The van der Waals surface area contributed by atoms with Gasteiger partial charge in [0.2, 0.25) is 5.78 Å². The third kappa shape index (κ3) is 3.40. The molecule has 2 aromatic carbocycles. The number of carbonyl (C=O) groups is 1. The number of esters is 1. The molecule has 0 fully saturated rings. The summed E-state index contributed by atoms with van der Waals surface area (Å²) >= 11 is 0. The molecule has 8 heteroatoms. The lowest BCUT2D eigenvalue weighted by molar-refractivity contribution is -0.139. The van der Waals surface area contributed by atoms with Gasteiger partial charge in [0, 0.05) is 18.7 Å². The second-order valence-corrected chi connectivity index (χ2v) is 6.60. The van der Waals surface area contributed by atoms with Crippen LogP contribution in [0, 0.1) is 12.7 Å². The van der Waals surface area contributed by atoms with Gasteiger partial charge in [-0.05, 0) is 31.2 Å². The predicted molar refractivity (Wildman–Crippen MR) is 106 cm³/mol. The summed E-state index contributed by atoms with van der Waals surface area (Å²) in [6.45, 7) is 1.75. The number of carbonyl (C=O) groups excluding carboxylic acids is 1. The third-order valence-corrected chi connectivity index (χ3v) is 4.59. The van der Waals surface area contributed by atoms with E-state index in [4.69, 9.17) is 4.74 Å². The molecule has 0 saturated heterocycles. The van der Waals surface area contributed by atoms with E-state index in [2.05, 4.69) is 10.2 Å². The van der Waals surface area contributed by atoms with E-state index in [0.29, 0.717) is 22.5 Å². The van der Waals surface area contributed by atoms with E-state index in [-0.39, 0.29) is 17.7 Å². The van der Waals surface area contributed by atoms with Crippen LogP contribution in [-0.2, 0) is 23.2 Å². The summed E-state index contributed by atoms with van der Waals surface area (Å²) in [4.78, 5) is 24.6.